The summed E-state index contributed by atoms with van der Waals surface area (Å²) >= 11 is 0. The number of carbonyl (C=O) groups excluding carboxylic acids is 2. The van der Waals surface area contributed by atoms with Crippen molar-refractivity contribution < 1.29 is 14.1 Å². The van der Waals surface area contributed by atoms with Gasteiger partial charge >= 0.3 is 0 Å². The van der Waals surface area contributed by atoms with E-state index in [9.17, 15) is 9.59 Å². The molecule has 0 aliphatic carbocycles. The zero-order valence-electron chi connectivity index (χ0n) is 13.9. The lowest BCUT2D eigenvalue weighted by atomic mass is 9.93. The SMILES string of the molecule is Cc1noc(C)c1CCC(=O)N1Cc2ccccc2C[C@@H]1C(N)=O. The van der Waals surface area contributed by atoms with E-state index in [4.69, 9.17) is 10.3 Å². The second-order valence-corrected chi connectivity index (χ2v) is 6.22. The first-order valence-corrected chi connectivity index (χ1v) is 8.04. The Hall–Kier alpha value is -2.63. The van der Waals surface area contributed by atoms with E-state index in [2.05, 4.69) is 5.16 Å². The molecule has 2 heterocycles. The Bertz CT molecular complexity index is 762. The summed E-state index contributed by atoms with van der Waals surface area (Å²) < 4.78 is 5.13. The van der Waals surface area contributed by atoms with Crippen LogP contribution < -0.4 is 5.73 Å². The number of carbonyl (C=O) groups is 2. The smallest absolute Gasteiger partial charge is 0.240 e. The van der Waals surface area contributed by atoms with E-state index in [1.807, 2.05) is 38.1 Å². The van der Waals surface area contributed by atoms with Crippen molar-refractivity contribution in [2.45, 2.75) is 45.7 Å². The van der Waals surface area contributed by atoms with Gasteiger partial charge in [0.15, 0.2) is 0 Å². The molecule has 0 radical (unpaired) electrons. The minimum Gasteiger partial charge on any atom is -0.368 e. The number of nitrogens with zero attached hydrogens (tertiary/aromatic N) is 2. The Kier molecular flexibility index (Phi) is 4.38. The summed E-state index contributed by atoms with van der Waals surface area (Å²) in [5.41, 5.74) is 9.44. The summed E-state index contributed by atoms with van der Waals surface area (Å²) in [4.78, 5) is 26.1. The monoisotopic (exact) mass is 327 g/mol. The van der Waals surface area contributed by atoms with Gasteiger partial charge in [0.1, 0.15) is 11.8 Å². The molecular weight excluding hydrogens is 306 g/mol. The number of amides is 2. The van der Waals surface area contributed by atoms with Gasteiger partial charge in [0.05, 0.1) is 5.69 Å². The van der Waals surface area contributed by atoms with Crippen LogP contribution >= 0.6 is 0 Å². The Balaban J connectivity index is 1.76. The van der Waals surface area contributed by atoms with Crippen molar-refractivity contribution in [3.05, 3.63) is 52.4 Å². The lowest BCUT2D eigenvalue weighted by molar-refractivity contribution is -0.140. The molecule has 126 valence electrons. The standard InChI is InChI=1S/C18H21N3O3/c1-11-15(12(2)24-20-11)7-8-17(22)21-10-14-6-4-3-5-13(14)9-16(21)18(19)23/h3-6,16H,7-10H2,1-2H3,(H2,19,23)/t16-/m1/s1. The first-order chi connectivity index (χ1) is 11.5. The van der Waals surface area contributed by atoms with Crippen molar-refractivity contribution in [2.24, 2.45) is 5.73 Å². The summed E-state index contributed by atoms with van der Waals surface area (Å²) in [6, 6.07) is 7.26. The number of hydrogen-bond acceptors (Lipinski definition) is 4. The molecule has 2 aromatic rings. The van der Waals surface area contributed by atoms with Crippen LogP contribution in [0.1, 0.15) is 34.6 Å². The van der Waals surface area contributed by atoms with Gasteiger partial charge in [-0.05, 0) is 31.4 Å². The van der Waals surface area contributed by atoms with Gasteiger partial charge in [-0.15, -0.1) is 0 Å². The van der Waals surface area contributed by atoms with Crippen molar-refractivity contribution in [1.82, 2.24) is 10.1 Å². The maximum Gasteiger partial charge on any atom is 0.240 e. The number of nitrogens with two attached hydrogens (primary N) is 1. The van der Waals surface area contributed by atoms with Crippen LogP contribution in [0, 0.1) is 13.8 Å². The third-order valence-corrected chi connectivity index (χ3v) is 4.67. The van der Waals surface area contributed by atoms with Gasteiger partial charge in [0, 0.05) is 24.9 Å². The summed E-state index contributed by atoms with van der Waals surface area (Å²) in [5.74, 6) is 0.194. The zero-order chi connectivity index (χ0) is 17.3. The topological polar surface area (TPSA) is 89.4 Å². The van der Waals surface area contributed by atoms with E-state index in [0.29, 0.717) is 25.8 Å². The number of rotatable bonds is 4. The molecule has 1 aliphatic heterocycles. The van der Waals surface area contributed by atoms with E-state index in [0.717, 1.165) is 28.1 Å². The maximum atomic E-state index is 12.7. The van der Waals surface area contributed by atoms with Crippen LogP contribution in [0.5, 0.6) is 0 Å². The average molecular weight is 327 g/mol. The maximum absolute atomic E-state index is 12.7. The Morgan fingerprint density at radius 2 is 2.00 bits per heavy atom. The molecule has 2 N–H and O–H groups in total. The van der Waals surface area contributed by atoms with Gasteiger partial charge in [-0.25, -0.2) is 0 Å². The Labute approximate surface area is 140 Å². The predicted octanol–water partition coefficient (Wildman–Crippen LogP) is 1.66. The van der Waals surface area contributed by atoms with Gasteiger partial charge in [-0.1, -0.05) is 29.4 Å². The normalized spacial score (nSPS) is 16.8. The number of aryl methyl sites for hydroxylation is 2. The first kappa shape index (κ1) is 16.2. The van der Waals surface area contributed by atoms with Crippen LogP contribution in [0.15, 0.2) is 28.8 Å². The van der Waals surface area contributed by atoms with Crippen molar-refractivity contribution in [2.75, 3.05) is 0 Å². The number of hydrogen-bond donors (Lipinski definition) is 1. The molecule has 1 aliphatic rings. The van der Waals surface area contributed by atoms with E-state index in [1.54, 1.807) is 4.90 Å². The van der Waals surface area contributed by atoms with Crippen LogP contribution in [-0.2, 0) is 29.0 Å². The van der Waals surface area contributed by atoms with E-state index in [-0.39, 0.29) is 5.91 Å². The molecule has 2 amide bonds. The number of primary amides is 1. The van der Waals surface area contributed by atoms with Crippen LogP contribution in [0.3, 0.4) is 0 Å². The zero-order valence-corrected chi connectivity index (χ0v) is 13.9. The lowest BCUT2D eigenvalue weighted by Gasteiger charge is -2.35. The van der Waals surface area contributed by atoms with Gasteiger partial charge in [0.2, 0.25) is 11.8 Å². The first-order valence-electron chi connectivity index (χ1n) is 8.04. The molecule has 24 heavy (non-hydrogen) atoms. The molecule has 1 atom stereocenters. The summed E-state index contributed by atoms with van der Waals surface area (Å²) in [6.07, 6.45) is 1.32. The van der Waals surface area contributed by atoms with Crippen molar-refractivity contribution >= 4 is 11.8 Å². The lowest BCUT2D eigenvalue weighted by Crippen LogP contribution is -2.51. The van der Waals surface area contributed by atoms with Crippen LogP contribution in [0.4, 0.5) is 0 Å². The van der Waals surface area contributed by atoms with Gasteiger partial charge < -0.3 is 15.2 Å². The molecule has 0 saturated carbocycles. The third-order valence-electron chi connectivity index (χ3n) is 4.67. The average Bonchev–Trinajstić information content (AvgIpc) is 2.89. The van der Waals surface area contributed by atoms with Gasteiger partial charge in [0.25, 0.3) is 0 Å². The highest BCUT2D eigenvalue weighted by atomic mass is 16.5. The largest absolute Gasteiger partial charge is 0.368 e. The highest BCUT2D eigenvalue weighted by Gasteiger charge is 2.33. The summed E-state index contributed by atoms with van der Waals surface area (Å²) in [7, 11) is 0. The van der Waals surface area contributed by atoms with Crippen LogP contribution in [-0.4, -0.2) is 27.9 Å². The molecular formula is C18H21N3O3. The van der Waals surface area contributed by atoms with Crippen LogP contribution in [0.2, 0.25) is 0 Å². The molecule has 0 unspecified atom stereocenters. The summed E-state index contributed by atoms with van der Waals surface area (Å²) in [6.45, 7) is 4.12. The summed E-state index contributed by atoms with van der Waals surface area (Å²) in [5, 5.41) is 3.91. The number of fused-ring (bicyclic) bond motifs is 1. The Morgan fingerprint density at radius 3 is 2.62 bits per heavy atom. The molecule has 0 bridgehead atoms. The molecule has 0 saturated heterocycles. The van der Waals surface area contributed by atoms with Crippen molar-refractivity contribution in [3.8, 4) is 0 Å². The number of benzene rings is 1. The molecule has 6 heteroatoms. The minimum absolute atomic E-state index is 0.0756. The molecule has 0 spiro atoms. The van der Waals surface area contributed by atoms with Crippen molar-refractivity contribution in [1.29, 1.82) is 0 Å². The van der Waals surface area contributed by atoms with Crippen LogP contribution in [0.25, 0.3) is 0 Å². The molecule has 1 aromatic carbocycles. The number of aromatic nitrogens is 1. The van der Waals surface area contributed by atoms with Gasteiger partial charge in [-0.3, -0.25) is 9.59 Å². The minimum atomic E-state index is -0.586. The molecule has 6 nitrogen and oxygen atoms in total. The Morgan fingerprint density at radius 1 is 1.29 bits per heavy atom. The second kappa shape index (κ2) is 6.47. The molecule has 0 fully saturated rings. The molecule has 3 rings (SSSR count). The van der Waals surface area contributed by atoms with Crippen molar-refractivity contribution in [3.63, 3.8) is 0 Å². The highest BCUT2D eigenvalue weighted by Crippen LogP contribution is 2.24. The quantitative estimate of drug-likeness (QED) is 0.925. The third kappa shape index (κ3) is 3.04. The fourth-order valence-corrected chi connectivity index (χ4v) is 3.27. The van der Waals surface area contributed by atoms with E-state index >= 15 is 0 Å². The van der Waals surface area contributed by atoms with E-state index in [1.165, 1.54) is 0 Å². The molecule has 1 aromatic heterocycles. The fraction of sp³-hybridized carbons (Fsp3) is 0.389. The predicted molar refractivity (Wildman–Crippen MR) is 88.0 cm³/mol. The van der Waals surface area contributed by atoms with E-state index < -0.39 is 11.9 Å². The second-order valence-electron chi connectivity index (χ2n) is 6.22. The fourth-order valence-electron chi connectivity index (χ4n) is 3.27. The van der Waals surface area contributed by atoms with Gasteiger partial charge in [-0.2, -0.15) is 0 Å². The highest BCUT2D eigenvalue weighted by molar-refractivity contribution is 5.87.